The molecule has 1 aromatic carbocycles. The molecule has 0 bridgehead atoms. The highest BCUT2D eigenvalue weighted by Crippen LogP contribution is 2.11. The summed E-state index contributed by atoms with van der Waals surface area (Å²) in [5, 5.41) is 17.3. The summed E-state index contributed by atoms with van der Waals surface area (Å²) in [4.78, 5) is 10.3. The number of unbranched alkanes of at least 4 members (excludes halogenated alkanes) is 1. The van der Waals surface area contributed by atoms with Crippen LogP contribution in [-0.4, -0.2) is 11.1 Å². The predicted octanol–water partition coefficient (Wildman–Crippen LogP) is 2.36. The summed E-state index contributed by atoms with van der Waals surface area (Å²) < 4.78 is 0. The first-order valence-corrected chi connectivity index (χ1v) is 4.94. The lowest BCUT2D eigenvalue weighted by Gasteiger charge is -2.02. The molecule has 3 heteroatoms. The van der Waals surface area contributed by atoms with E-state index >= 15 is 0 Å². The van der Waals surface area contributed by atoms with Gasteiger partial charge in [-0.2, -0.15) is 5.26 Å². The van der Waals surface area contributed by atoms with Gasteiger partial charge in [0.05, 0.1) is 11.6 Å². The van der Waals surface area contributed by atoms with E-state index in [0.29, 0.717) is 12.0 Å². The Labute approximate surface area is 89.0 Å². The molecule has 0 saturated carbocycles. The first-order valence-electron chi connectivity index (χ1n) is 4.94. The Bertz CT molecular complexity index is 379. The molecule has 0 aliphatic heterocycles. The van der Waals surface area contributed by atoms with Gasteiger partial charge in [0.2, 0.25) is 0 Å². The van der Waals surface area contributed by atoms with Crippen molar-refractivity contribution in [3.05, 3.63) is 35.4 Å². The van der Waals surface area contributed by atoms with E-state index in [9.17, 15) is 4.79 Å². The SMILES string of the molecule is N#Cc1ccccc1CCCCC(=O)O. The topological polar surface area (TPSA) is 61.1 Å². The van der Waals surface area contributed by atoms with Crippen LogP contribution in [0.1, 0.15) is 30.4 Å². The van der Waals surface area contributed by atoms with E-state index in [2.05, 4.69) is 6.07 Å². The second-order valence-corrected chi connectivity index (χ2v) is 3.37. The van der Waals surface area contributed by atoms with Crippen molar-refractivity contribution >= 4 is 5.97 Å². The number of carboxylic acid groups (broad SMARTS) is 1. The highest BCUT2D eigenvalue weighted by atomic mass is 16.4. The molecule has 0 amide bonds. The number of hydrogen-bond donors (Lipinski definition) is 1. The second-order valence-electron chi connectivity index (χ2n) is 3.37. The maximum Gasteiger partial charge on any atom is 0.303 e. The summed E-state index contributed by atoms with van der Waals surface area (Å²) in [7, 11) is 0. The van der Waals surface area contributed by atoms with Crippen LogP contribution < -0.4 is 0 Å². The van der Waals surface area contributed by atoms with Gasteiger partial charge in [-0.1, -0.05) is 18.2 Å². The molecule has 0 unspecified atom stereocenters. The molecule has 1 aromatic rings. The lowest BCUT2D eigenvalue weighted by molar-refractivity contribution is -0.137. The molecule has 0 aliphatic carbocycles. The summed E-state index contributed by atoms with van der Waals surface area (Å²) in [5.74, 6) is -0.761. The number of aliphatic carboxylic acids is 1. The zero-order valence-corrected chi connectivity index (χ0v) is 8.44. The van der Waals surface area contributed by atoms with E-state index in [1.165, 1.54) is 0 Å². The molecule has 0 aromatic heterocycles. The first-order chi connectivity index (χ1) is 7.24. The van der Waals surface area contributed by atoms with E-state index < -0.39 is 5.97 Å². The minimum Gasteiger partial charge on any atom is -0.481 e. The molecule has 0 radical (unpaired) electrons. The number of benzene rings is 1. The van der Waals surface area contributed by atoms with Crippen LogP contribution in [0.3, 0.4) is 0 Å². The fourth-order valence-electron chi connectivity index (χ4n) is 1.44. The number of hydrogen-bond acceptors (Lipinski definition) is 2. The van der Waals surface area contributed by atoms with Crippen LogP contribution >= 0.6 is 0 Å². The van der Waals surface area contributed by atoms with Gasteiger partial charge in [0.25, 0.3) is 0 Å². The molecule has 0 atom stereocenters. The summed E-state index contributed by atoms with van der Waals surface area (Å²) >= 11 is 0. The van der Waals surface area contributed by atoms with E-state index in [0.717, 1.165) is 18.4 Å². The van der Waals surface area contributed by atoms with Gasteiger partial charge in [-0.15, -0.1) is 0 Å². The summed E-state index contributed by atoms with van der Waals surface area (Å²) in [6, 6.07) is 9.56. The normalized spacial score (nSPS) is 9.53. The Balaban J connectivity index is 2.44. The maximum absolute atomic E-state index is 10.3. The molecule has 0 heterocycles. The molecule has 1 rings (SSSR count). The Morgan fingerprint density at radius 1 is 1.33 bits per heavy atom. The third kappa shape index (κ3) is 3.82. The predicted molar refractivity (Wildman–Crippen MR) is 56.3 cm³/mol. The quantitative estimate of drug-likeness (QED) is 0.747. The maximum atomic E-state index is 10.3. The van der Waals surface area contributed by atoms with Crippen molar-refractivity contribution in [1.29, 1.82) is 5.26 Å². The minimum absolute atomic E-state index is 0.203. The number of aryl methyl sites for hydroxylation is 1. The molecular formula is C12H13NO2. The molecule has 15 heavy (non-hydrogen) atoms. The standard InChI is InChI=1S/C12H13NO2/c13-9-11-7-2-1-5-10(11)6-3-4-8-12(14)15/h1-2,5,7H,3-4,6,8H2,(H,14,15). The number of carboxylic acids is 1. The van der Waals surface area contributed by atoms with Gasteiger partial charge in [0.1, 0.15) is 0 Å². The Morgan fingerprint density at radius 3 is 2.73 bits per heavy atom. The molecular weight excluding hydrogens is 190 g/mol. The van der Waals surface area contributed by atoms with Gasteiger partial charge >= 0.3 is 5.97 Å². The molecule has 78 valence electrons. The van der Waals surface area contributed by atoms with E-state index in [1.807, 2.05) is 18.2 Å². The number of nitriles is 1. The van der Waals surface area contributed by atoms with Crippen LogP contribution in [0.5, 0.6) is 0 Å². The summed E-state index contributed by atoms with van der Waals surface area (Å²) in [6.07, 6.45) is 2.45. The van der Waals surface area contributed by atoms with Crippen molar-refractivity contribution in [2.24, 2.45) is 0 Å². The zero-order chi connectivity index (χ0) is 11.1. The second kappa shape index (κ2) is 5.82. The Hall–Kier alpha value is -1.82. The Kier molecular flexibility index (Phi) is 4.36. The van der Waals surface area contributed by atoms with Gasteiger partial charge in [-0.25, -0.2) is 0 Å². The lowest BCUT2D eigenvalue weighted by atomic mass is 10.0. The van der Waals surface area contributed by atoms with Crippen molar-refractivity contribution in [2.45, 2.75) is 25.7 Å². The zero-order valence-electron chi connectivity index (χ0n) is 8.44. The fourth-order valence-corrected chi connectivity index (χ4v) is 1.44. The van der Waals surface area contributed by atoms with Crippen molar-refractivity contribution < 1.29 is 9.90 Å². The van der Waals surface area contributed by atoms with E-state index in [4.69, 9.17) is 10.4 Å². The molecule has 0 spiro atoms. The smallest absolute Gasteiger partial charge is 0.303 e. The molecule has 1 N–H and O–H groups in total. The Morgan fingerprint density at radius 2 is 2.07 bits per heavy atom. The van der Waals surface area contributed by atoms with Crippen LogP contribution in [0.2, 0.25) is 0 Å². The number of nitrogens with zero attached hydrogens (tertiary/aromatic N) is 1. The van der Waals surface area contributed by atoms with Crippen molar-refractivity contribution in [3.63, 3.8) is 0 Å². The largest absolute Gasteiger partial charge is 0.481 e. The summed E-state index contributed by atoms with van der Waals surface area (Å²) in [5.41, 5.74) is 1.69. The molecule has 0 fully saturated rings. The lowest BCUT2D eigenvalue weighted by Crippen LogP contribution is -1.96. The van der Waals surface area contributed by atoms with E-state index in [1.54, 1.807) is 6.07 Å². The highest BCUT2D eigenvalue weighted by Gasteiger charge is 2.01. The van der Waals surface area contributed by atoms with Gasteiger partial charge in [-0.05, 0) is 30.9 Å². The number of rotatable bonds is 5. The van der Waals surface area contributed by atoms with E-state index in [-0.39, 0.29) is 6.42 Å². The van der Waals surface area contributed by atoms with Crippen LogP contribution in [0.4, 0.5) is 0 Å². The van der Waals surface area contributed by atoms with Gasteiger partial charge in [0.15, 0.2) is 0 Å². The van der Waals surface area contributed by atoms with Crippen LogP contribution in [0, 0.1) is 11.3 Å². The van der Waals surface area contributed by atoms with Crippen LogP contribution in [0.25, 0.3) is 0 Å². The molecule has 3 nitrogen and oxygen atoms in total. The van der Waals surface area contributed by atoms with Gasteiger partial charge in [0, 0.05) is 6.42 Å². The monoisotopic (exact) mass is 203 g/mol. The summed E-state index contributed by atoms with van der Waals surface area (Å²) in [6.45, 7) is 0. The average molecular weight is 203 g/mol. The molecule has 0 aliphatic rings. The number of carbonyl (C=O) groups is 1. The van der Waals surface area contributed by atoms with Crippen LogP contribution in [0.15, 0.2) is 24.3 Å². The first kappa shape index (κ1) is 11.3. The highest BCUT2D eigenvalue weighted by molar-refractivity contribution is 5.66. The van der Waals surface area contributed by atoms with Crippen LogP contribution in [-0.2, 0) is 11.2 Å². The minimum atomic E-state index is -0.761. The average Bonchev–Trinajstić information content (AvgIpc) is 2.24. The third-order valence-electron chi connectivity index (χ3n) is 2.22. The fraction of sp³-hybridized carbons (Fsp3) is 0.333. The molecule has 0 saturated heterocycles. The van der Waals surface area contributed by atoms with Crippen molar-refractivity contribution in [1.82, 2.24) is 0 Å². The van der Waals surface area contributed by atoms with Gasteiger partial charge < -0.3 is 5.11 Å². The third-order valence-corrected chi connectivity index (χ3v) is 2.22. The van der Waals surface area contributed by atoms with Gasteiger partial charge in [-0.3, -0.25) is 4.79 Å². The van der Waals surface area contributed by atoms with Crippen molar-refractivity contribution in [2.75, 3.05) is 0 Å². The van der Waals surface area contributed by atoms with Crippen molar-refractivity contribution in [3.8, 4) is 6.07 Å².